The van der Waals surface area contributed by atoms with Crippen LogP contribution in [-0.2, 0) is 6.18 Å². The molecule has 2 N–H and O–H groups in total. The molecule has 1 aromatic heterocycles. The summed E-state index contributed by atoms with van der Waals surface area (Å²) in [4.78, 5) is 27.0. The molecule has 0 aliphatic carbocycles. The van der Waals surface area contributed by atoms with Crippen LogP contribution < -0.4 is 5.48 Å². The Bertz CT molecular complexity index is 835. The van der Waals surface area contributed by atoms with Crippen molar-refractivity contribution in [2.45, 2.75) is 6.18 Å². The highest BCUT2D eigenvalue weighted by atomic mass is 19.4. The number of nitrogens with one attached hydrogen (secondary N) is 1. The molecule has 0 atom stereocenters. The Labute approximate surface area is 145 Å². The summed E-state index contributed by atoms with van der Waals surface area (Å²) in [6, 6.07) is 6.49. The number of amides is 2. The lowest BCUT2D eigenvalue weighted by atomic mass is 10.1. The van der Waals surface area contributed by atoms with E-state index >= 15 is 0 Å². The number of carbonyl (C=O) groups is 2. The van der Waals surface area contributed by atoms with E-state index in [1.165, 1.54) is 43.0 Å². The minimum atomic E-state index is -4.69. The number of hydrogen-bond acceptors (Lipinski definition) is 5. The van der Waals surface area contributed by atoms with Gasteiger partial charge in [0.25, 0.3) is 11.8 Å². The van der Waals surface area contributed by atoms with Gasteiger partial charge in [0.15, 0.2) is 0 Å². The number of benzene rings is 1. The maximum Gasteiger partial charge on any atom is 0.417 e. The highest BCUT2D eigenvalue weighted by molar-refractivity contribution is 5.96. The van der Waals surface area contributed by atoms with E-state index in [0.29, 0.717) is 5.56 Å². The summed E-state index contributed by atoms with van der Waals surface area (Å²) in [6.45, 7) is 0. The molecule has 136 valence electrons. The van der Waals surface area contributed by atoms with Gasteiger partial charge in [-0.05, 0) is 23.8 Å². The molecule has 0 spiro atoms. The Morgan fingerprint density at radius 1 is 1.23 bits per heavy atom. The van der Waals surface area contributed by atoms with Crippen LogP contribution in [0.3, 0.4) is 0 Å². The van der Waals surface area contributed by atoms with Crippen molar-refractivity contribution in [3.8, 4) is 0 Å². The van der Waals surface area contributed by atoms with Crippen molar-refractivity contribution in [3.63, 3.8) is 0 Å². The van der Waals surface area contributed by atoms with Gasteiger partial charge < -0.3 is 0 Å². The molecule has 0 bridgehead atoms. The third-order valence-corrected chi connectivity index (χ3v) is 3.31. The lowest BCUT2D eigenvalue weighted by Crippen LogP contribution is -2.25. The van der Waals surface area contributed by atoms with Gasteiger partial charge in [0.1, 0.15) is 0 Å². The summed E-state index contributed by atoms with van der Waals surface area (Å²) in [5, 5.41) is 13.1. The SMILES string of the molecule is CN(/N=C/c1ccc(C(=O)NO)cc1)C(=O)c1cnccc1C(F)(F)F. The summed E-state index contributed by atoms with van der Waals surface area (Å²) in [6.07, 6.45) is -1.67. The van der Waals surface area contributed by atoms with Crippen LogP contribution in [0.5, 0.6) is 0 Å². The fourth-order valence-corrected chi connectivity index (χ4v) is 1.98. The second-order valence-corrected chi connectivity index (χ2v) is 5.06. The van der Waals surface area contributed by atoms with E-state index < -0.39 is 29.1 Å². The number of carbonyl (C=O) groups excluding carboxylic acids is 2. The fraction of sp³-hybridized carbons (Fsp3) is 0.125. The number of nitrogens with zero attached hydrogens (tertiary/aromatic N) is 3. The van der Waals surface area contributed by atoms with E-state index in [9.17, 15) is 22.8 Å². The Morgan fingerprint density at radius 3 is 2.46 bits per heavy atom. The van der Waals surface area contributed by atoms with E-state index in [1.54, 1.807) is 0 Å². The molecule has 0 radical (unpaired) electrons. The first-order chi connectivity index (χ1) is 12.2. The van der Waals surface area contributed by atoms with Gasteiger partial charge in [-0.15, -0.1) is 0 Å². The molecule has 7 nitrogen and oxygen atoms in total. The molecule has 26 heavy (non-hydrogen) atoms. The van der Waals surface area contributed by atoms with Crippen LogP contribution >= 0.6 is 0 Å². The maximum atomic E-state index is 13.0. The summed E-state index contributed by atoms with van der Waals surface area (Å²) in [5.41, 5.74) is 0.445. The van der Waals surface area contributed by atoms with E-state index in [2.05, 4.69) is 10.1 Å². The molecule has 0 saturated carbocycles. The number of halogens is 3. The molecule has 2 rings (SSSR count). The molecule has 1 heterocycles. The summed E-state index contributed by atoms with van der Waals surface area (Å²) >= 11 is 0. The van der Waals surface area contributed by atoms with Gasteiger partial charge in [-0.2, -0.15) is 18.3 Å². The maximum absolute atomic E-state index is 13.0. The van der Waals surface area contributed by atoms with Gasteiger partial charge in [0.2, 0.25) is 0 Å². The number of hydrogen-bond donors (Lipinski definition) is 2. The zero-order chi connectivity index (χ0) is 19.3. The molecule has 0 unspecified atom stereocenters. The number of hydroxylamine groups is 1. The molecule has 1 aromatic carbocycles. The van der Waals surface area contributed by atoms with Gasteiger partial charge in [-0.1, -0.05) is 12.1 Å². The van der Waals surface area contributed by atoms with E-state index in [1.807, 2.05) is 0 Å². The Balaban J connectivity index is 2.17. The first-order valence-electron chi connectivity index (χ1n) is 7.11. The van der Waals surface area contributed by atoms with Crippen LogP contribution in [0.25, 0.3) is 0 Å². The van der Waals surface area contributed by atoms with Crippen LogP contribution in [-0.4, -0.2) is 40.3 Å². The van der Waals surface area contributed by atoms with Gasteiger partial charge in [0, 0.05) is 25.0 Å². The summed E-state index contributed by atoms with van der Waals surface area (Å²) < 4.78 is 38.9. The second kappa shape index (κ2) is 7.74. The molecule has 0 saturated heterocycles. The topological polar surface area (TPSA) is 94.9 Å². The number of rotatable bonds is 4. The van der Waals surface area contributed by atoms with Crippen molar-refractivity contribution in [1.29, 1.82) is 0 Å². The predicted molar refractivity (Wildman–Crippen MR) is 84.6 cm³/mol. The molecule has 0 aliphatic rings. The van der Waals surface area contributed by atoms with Crippen molar-refractivity contribution in [2.24, 2.45) is 5.10 Å². The number of hydrazone groups is 1. The summed E-state index contributed by atoms with van der Waals surface area (Å²) in [7, 11) is 1.21. The average molecular weight is 366 g/mol. The zero-order valence-electron chi connectivity index (χ0n) is 13.4. The zero-order valence-corrected chi connectivity index (χ0v) is 13.4. The Hall–Kier alpha value is -3.27. The molecule has 2 aromatic rings. The van der Waals surface area contributed by atoms with Crippen LogP contribution in [0, 0.1) is 0 Å². The standard InChI is InChI=1S/C16H13F3N4O3/c1-23(15(25)12-9-20-7-6-13(12)16(17,18)19)21-8-10-2-4-11(5-3-10)14(24)22-26/h2-9,26H,1H3,(H,22,24)/b21-8+. The van der Waals surface area contributed by atoms with Crippen LogP contribution in [0.15, 0.2) is 47.8 Å². The Kier molecular flexibility index (Phi) is 5.68. The largest absolute Gasteiger partial charge is 0.417 e. The molecule has 10 heteroatoms. The third-order valence-electron chi connectivity index (χ3n) is 3.31. The third kappa shape index (κ3) is 4.42. The summed E-state index contributed by atoms with van der Waals surface area (Å²) in [5.74, 6) is -1.67. The van der Waals surface area contributed by atoms with Crippen LogP contribution in [0.2, 0.25) is 0 Å². The van der Waals surface area contributed by atoms with Crippen LogP contribution in [0.1, 0.15) is 31.8 Å². The van der Waals surface area contributed by atoms with E-state index in [0.717, 1.165) is 23.5 Å². The molecular formula is C16H13F3N4O3. The van der Waals surface area contributed by atoms with E-state index in [4.69, 9.17) is 5.21 Å². The van der Waals surface area contributed by atoms with Gasteiger partial charge >= 0.3 is 6.18 Å². The smallest absolute Gasteiger partial charge is 0.288 e. The van der Waals surface area contributed by atoms with Crippen molar-refractivity contribution in [3.05, 3.63) is 65.0 Å². The molecule has 0 aliphatic heterocycles. The number of alkyl halides is 3. The first kappa shape index (κ1) is 19.1. The van der Waals surface area contributed by atoms with Gasteiger partial charge in [-0.25, -0.2) is 10.5 Å². The fourth-order valence-electron chi connectivity index (χ4n) is 1.98. The van der Waals surface area contributed by atoms with Gasteiger partial charge in [-0.3, -0.25) is 19.8 Å². The molecular weight excluding hydrogens is 353 g/mol. The molecule has 2 amide bonds. The lowest BCUT2D eigenvalue weighted by Gasteiger charge is -2.15. The number of aromatic nitrogens is 1. The van der Waals surface area contributed by atoms with Crippen molar-refractivity contribution in [2.75, 3.05) is 7.05 Å². The second-order valence-electron chi connectivity index (χ2n) is 5.06. The monoisotopic (exact) mass is 366 g/mol. The van der Waals surface area contributed by atoms with Crippen molar-refractivity contribution >= 4 is 18.0 Å². The average Bonchev–Trinajstić information content (AvgIpc) is 2.64. The predicted octanol–water partition coefficient (Wildman–Crippen LogP) is 2.33. The quantitative estimate of drug-likeness (QED) is 0.493. The van der Waals surface area contributed by atoms with E-state index in [-0.39, 0.29) is 5.56 Å². The van der Waals surface area contributed by atoms with Crippen molar-refractivity contribution < 1.29 is 28.0 Å². The molecule has 0 fully saturated rings. The Morgan fingerprint density at radius 2 is 1.88 bits per heavy atom. The van der Waals surface area contributed by atoms with Crippen LogP contribution in [0.4, 0.5) is 13.2 Å². The van der Waals surface area contributed by atoms with Crippen molar-refractivity contribution in [1.82, 2.24) is 15.5 Å². The lowest BCUT2D eigenvalue weighted by molar-refractivity contribution is -0.138. The minimum Gasteiger partial charge on any atom is -0.288 e. The highest BCUT2D eigenvalue weighted by Gasteiger charge is 2.35. The van der Waals surface area contributed by atoms with Gasteiger partial charge in [0.05, 0.1) is 17.3 Å². The highest BCUT2D eigenvalue weighted by Crippen LogP contribution is 2.31. The first-order valence-corrected chi connectivity index (χ1v) is 7.11. The normalized spacial score (nSPS) is 11.4. The number of pyridine rings is 1. The minimum absolute atomic E-state index is 0.194.